The predicted octanol–water partition coefficient (Wildman–Crippen LogP) is 2.08. The Bertz CT molecular complexity index is 495. The molecular weight excluding hydrogens is 216 g/mol. The predicted molar refractivity (Wildman–Crippen MR) is 64.0 cm³/mol. The fourth-order valence-electron chi connectivity index (χ4n) is 1.67. The highest BCUT2D eigenvalue weighted by molar-refractivity contribution is 5.60. The van der Waals surface area contributed by atoms with Gasteiger partial charge in [-0.2, -0.15) is 4.68 Å². The van der Waals surface area contributed by atoms with Crippen LogP contribution >= 0.6 is 0 Å². The highest BCUT2D eigenvalue weighted by Crippen LogP contribution is 2.22. The average molecular weight is 231 g/mol. The standard InChI is InChI=1S/C12H15N4O/c1-4-17-10(3)16-12(13-14-15-16)11-8-6-5-7-9(11)2/h5-8,10H,2,4H2,1,3H3. The van der Waals surface area contributed by atoms with Crippen LogP contribution in [0.3, 0.4) is 0 Å². The van der Waals surface area contributed by atoms with E-state index in [0.717, 1.165) is 11.1 Å². The van der Waals surface area contributed by atoms with Crippen LogP contribution in [0.25, 0.3) is 11.4 Å². The maximum atomic E-state index is 5.49. The van der Waals surface area contributed by atoms with Crippen LogP contribution < -0.4 is 0 Å². The molecule has 1 atom stereocenters. The first-order chi connectivity index (χ1) is 8.24. The van der Waals surface area contributed by atoms with Crippen molar-refractivity contribution in [2.24, 2.45) is 0 Å². The van der Waals surface area contributed by atoms with Crippen LogP contribution in [0, 0.1) is 6.92 Å². The van der Waals surface area contributed by atoms with Gasteiger partial charge in [-0.25, -0.2) is 0 Å². The summed E-state index contributed by atoms with van der Waals surface area (Å²) in [6.07, 6.45) is -0.190. The summed E-state index contributed by atoms with van der Waals surface area (Å²) in [5, 5.41) is 11.7. The van der Waals surface area contributed by atoms with Gasteiger partial charge in [-0.3, -0.25) is 0 Å². The van der Waals surface area contributed by atoms with E-state index in [1.165, 1.54) is 0 Å². The summed E-state index contributed by atoms with van der Waals surface area (Å²) in [7, 11) is 0. The van der Waals surface area contributed by atoms with Crippen LogP contribution in [0.2, 0.25) is 0 Å². The third-order valence-corrected chi connectivity index (χ3v) is 2.50. The Morgan fingerprint density at radius 3 is 2.88 bits per heavy atom. The molecule has 0 bridgehead atoms. The second kappa shape index (κ2) is 5.05. The van der Waals surface area contributed by atoms with Gasteiger partial charge in [0.2, 0.25) is 0 Å². The van der Waals surface area contributed by atoms with E-state index >= 15 is 0 Å². The van der Waals surface area contributed by atoms with Crippen molar-refractivity contribution in [3.8, 4) is 11.4 Å². The van der Waals surface area contributed by atoms with Crippen LogP contribution in [0.5, 0.6) is 0 Å². The van der Waals surface area contributed by atoms with Gasteiger partial charge < -0.3 is 4.74 Å². The number of rotatable bonds is 4. The second-order valence-corrected chi connectivity index (χ2v) is 3.66. The Hall–Kier alpha value is -1.75. The molecule has 0 saturated carbocycles. The monoisotopic (exact) mass is 231 g/mol. The number of hydrogen-bond acceptors (Lipinski definition) is 4. The van der Waals surface area contributed by atoms with Crippen LogP contribution in [0.4, 0.5) is 0 Å². The van der Waals surface area contributed by atoms with Gasteiger partial charge in [0.25, 0.3) is 0 Å². The van der Waals surface area contributed by atoms with Gasteiger partial charge in [0.05, 0.1) is 0 Å². The van der Waals surface area contributed by atoms with Crippen molar-refractivity contribution in [1.82, 2.24) is 20.2 Å². The summed E-state index contributed by atoms with van der Waals surface area (Å²) in [4.78, 5) is 0. The molecule has 1 aromatic heterocycles. The van der Waals surface area contributed by atoms with Gasteiger partial charge in [-0.1, -0.05) is 24.3 Å². The van der Waals surface area contributed by atoms with Crippen LogP contribution in [0.15, 0.2) is 24.3 Å². The molecule has 1 aromatic carbocycles. The Kier molecular flexibility index (Phi) is 3.49. The molecule has 0 amide bonds. The maximum Gasteiger partial charge on any atom is 0.184 e. The van der Waals surface area contributed by atoms with E-state index < -0.39 is 0 Å². The smallest absolute Gasteiger partial charge is 0.184 e. The molecular formula is C12H15N4O. The zero-order valence-electron chi connectivity index (χ0n) is 10.00. The van der Waals surface area contributed by atoms with Crippen molar-refractivity contribution < 1.29 is 4.74 Å². The Morgan fingerprint density at radius 1 is 1.41 bits per heavy atom. The van der Waals surface area contributed by atoms with Crippen molar-refractivity contribution in [3.05, 3.63) is 36.8 Å². The fourth-order valence-corrected chi connectivity index (χ4v) is 1.67. The first kappa shape index (κ1) is 11.7. The summed E-state index contributed by atoms with van der Waals surface area (Å²) in [5.74, 6) is 0.677. The number of ether oxygens (including phenoxy) is 1. The minimum absolute atomic E-state index is 0.190. The molecule has 0 aliphatic carbocycles. The van der Waals surface area contributed by atoms with E-state index in [0.29, 0.717) is 12.4 Å². The number of tetrazole rings is 1. The second-order valence-electron chi connectivity index (χ2n) is 3.66. The Morgan fingerprint density at radius 2 is 2.18 bits per heavy atom. The van der Waals surface area contributed by atoms with Crippen molar-refractivity contribution in [2.75, 3.05) is 6.61 Å². The van der Waals surface area contributed by atoms with Gasteiger partial charge in [0.15, 0.2) is 12.1 Å². The number of hydrogen-bond donors (Lipinski definition) is 0. The van der Waals surface area contributed by atoms with E-state index in [9.17, 15) is 0 Å². The van der Waals surface area contributed by atoms with Gasteiger partial charge in [0.1, 0.15) is 0 Å². The normalized spacial score (nSPS) is 12.6. The third-order valence-electron chi connectivity index (χ3n) is 2.50. The van der Waals surface area contributed by atoms with Crippen LogP contribution in [-0.4, -0.2) is 26.8 Å². The van der Waals surface area contributed by atoms with Gasteiger partial charge in [-0.15, -0.1) is 5.10 Å². The van der Waals surface area contributed by atoms with E-state index in [1.807, 2.05) is 38.1 Å². The zero-order valence-corrected chi connectivity index (χ0v) is 10.00. The first-order valence-electron chi connectivity index (χ1n) is 5.55. The molecule has 5 nitrogen and oxygen atoms in total. The van der Waals surface area contributed by atoms with Crippen molar-refractivity contribution in [2.45, 2.75) is 20.1 Å². The van der Waals surface area contributed by atoms with Crippen LogP contribution in [-0.2, 0) is 4.74 Å². The summed E-state index contributed by atoms with van der Waals surface area (Å²) in [6, 6.07) is 7.75. The minimum Gasteiger partial charge on any atom is -0.357 e. The lowest BCUT2D eigenvalue weighted by Gasteiger charge is -2.13. The molecule has 0 aliphatic heterocycles. The third kappa shape index (κ3) is 2.34. The van der Waals surface area contributed by atoms with Crippen molar-refractivity contribution in [1.29, 1.82) is 0 Å². The molecule has 1 heterocycles. The molecule has 17 heavy (non-hydrogen) atoms. The summed E-state index contributed by atoms with van der Waals surface area (Å²) < 4.78 is 7.15. The van der Waals surface area contributed by atoms with Crippen molar-refractivity contribution in [3.63, 3.8) is 0 Å². The highest BCUT2D eigenvalue weighted by atomic mass is 16.5. The number of nitrogens with zero attached hydrogens (tertiary/aromatic N) is 4. The minimum atomic E-state index is -0.190. The van der Waals surface area contributed by atoms with Crippen LogP contribution in [0.1, 0.15) is 25.6 Å². The summed E-state index contributed by atoms with van der Waals surface area (Å²) >= 11 is 0. The lowest BCUT2D eigenvalue weighted by molar-refractivity contribution is 0.0159. The van der Waals surface area contributed by atoms with Gasteiger partial charge >= 0.3 is 0 Å². The largest absolute Gasteiger partial charge is 0.357 e. The lowest BCUT2D eigenvalue weighted by atomic mass is 10.1. The average Bonchev–Trinajstić information content (AvgIpc) is 2.79. The molecule has 1 radical (unpaired) electrons. The molecule has 2 aromatic rings. The van der Waals surface area contributed by atoms with E-state index in [4.69, 9.17) is 4.74 Å². The molecule has 1 unspecified atom stereocenters. The number of benzene rings is 1. The molecule has 0 saturated heterocycles. The zero-order chi connectivity index (χ0) is 12.3. The summed E-state index contributed by atoms with van der Waals surface area (Å²) in [6.45, 7) is 8.44. The molecule has 0 fully saturated rings. The molecule has 0 aliphatic rings. The molecule has 0 spiro atoms. The summed E-state index contributed by atoms with van der Waals surface area (Å²) in [5.41, 5.74) is 1.82. The van der Waals surface area contributed by atoms with E-state index in [-0.39, 0.29) is 6.23 Å². The quantitative estimate of drug-likeness (QED) is 0.808. The van der Waals surface area contributed by atoms with Gasteiger partial charge in [0, 0.05) is 12.2 Å². The fraction of sp³-hybridized carbons (Fsp3) is 0.333. The topological polar surface area (TPSA) is 52.8 Å². The molecule has 2 rings (SSSR count). The Balaban J connectivity index is 2.40. The SMILES string of the molecule is [CH2]c1ccccc1-c1nnnn1C(C)OCC. The van der Waals surface area contributed by atoms with Gasteiger partial charge in [-0.05, 0) is 36.8 Å². The van der Waals surface area contributed by atoms with E-state index in [1.54, 1.807) is 4.68 Å². The van der Waals surface area contributed by atoms with Crippen molar-refractivity contribution >= 4 is 0 Å². The first-order valence-corrected chi connectivity index (χ1v) is 5.55. The number of aromatic nitrogens is 4. The maximum absolute atomic E-state index is 5.49. The van der Waals surface area contributed by atoms with E-state index in [2.05, 4.69) is 22.4 Å². The lowest BCUT2D eigenvalue weighted by Crippen LogP contribution is -2.12. The Labute approximate surface area is 100 Å². The molecule has 89 valence electrons. The molecule has 0 N–H and O–H groups in total. The molecule has 5 heteroatoms. The highest BCUT2D eigenvalue weighted by Gasteiger charge is 2.15.